The van der Waals surface area contributed by atoms with E-state index in [0.29, 0.717) is 10.7 Å². The highest BCUT2D eigenvalue weighted by molar-refractivity contribution is 6.33. The molecule has 1 saturated heterocycles. The van der Waals surface area contributed by atoms with Crippen LogP contribution in [0.2, 0.25) is 5.02 Å². The minimum absolute atomic E-state index is 0.0775. The molecule has 0 spiro atoms. The van der Waals surface area contributed by atoms with Crippen LogP contribution < -0.4 is 0 Å². The van der Waals surface area contributed by atoms with Gasteiger partial charge in [-0.05, 0) is 30.9 Å². The van der Waals surface area contributed by atoms with Crippen molar-refractivity contribution in [3.63, 3.8) is 0 Å². The van der Waals surface area contributed by atoms with Gasteiger partial charge in [0.25, 0.3) is 5.91 Å². The summed E-state index contributed by atoms with van der Waals surface area (Å²) in [6.45, 7) is 2.84. The molecule has 110 valence electrons. The topological polar surface area (TPSA) is 38.1 Å². The van der Waals surface area contributed by atoms with Gasteiger partial charge in [-0.3, -0.25) is 9.48 Å². The predicted molar refractivity (Wildman–Crippen MR) is 82.4 cm³/mol. The molecule has 0 aliphatic carbocycles. The quantitative estimate of drug-likeness (QED) is 0.853. The first-order valence-corrected chi connectivity index (χ1v) is 7.51. The molecule has 1 amide bonds. The van der Waals surface area contributed by atoms with Crippen LogP contribution in [-0.2, 0) is 7.05 Å². The van der Waals surface area contributed by atoms with Gasteiger partial charge in [0.1, 0.15) is 0 Å². The number of amides is 1. The van der Waals surface area contributed by atoms with E-state index in [-0.39, 0.29) is 11.9 Å². The summed E-state index contributed by atoms with van der Waals surface area (Å²) in [6.07, 6.45) is 3.66. The van der Waals surface area contributed by atoms with E-state index < -0.39 is 0 Å². The largest absolute Gasteiger partial charge is 0.330 e. The number of benzene rings is 1. The second-order valence-corrected chi connectivity index (χ2v) is 5.92. The number of hydrogen-bond acceptors (Lipinski definition) is 2. The van der Waals surface area contributed by atoms with Gasteiger partial charge in [-0.15, -0.1) is 0 Å². The number of hydrogen-bond donors (Lipinski definition) is 0. The molecule has 2 aromatic rings. The van der Waals surface area contributed by atoms with Gasteiger partial charge in [0, 0.05) is 19.8 Å². The molecule has 1 aliphatic heterocycles. The van der Waals surface area contributed by atoms with Crippen LogP contribution in [0.25, 0.3) is 0 Å². The summed E-state index contributed by atoms with van der Waals surface area (Å²) < 4.78 is 1.58. The molecule has 0 bridgehead atoms. The lowest BCUT2D eigenvalue weighted by molar-refractivity contribution is 0.0728. The highest BCUT2D eigenvalue weighted by atomic mass is 35.5. The van der Waals surface area contributed by atoms with E-state index in [1.807, 2.05) is 17.0 Å². The van der Waals surface area contributed by atoms with Gasteiger partial charge in [-0.25, -0.2) is 0 Å². The molecule has 0 unspecified atom stereocenters. The Morgan fingerprint density at radius 3 is 2.81 bits per heavy atom. The fourth-order valence-corrected chi connectivity index (χ4v) is 3.29. The molecule has 2 heterocycles. The Bertz CT molecular complexity index is 680. The number of rotatable bonds is 2. The zero-order valence-electron chi connectivity index (χ0n) is 12.2. The third kappa shape index (κ3) is 2.56. The molecular formula is C16H18ClN3O. The lowest BCUT2D eigenvalue weighted by Gasteiger charge is -2.25. The van der Waals surface area contributed by atoms with E-state index in [4.69, 9.17) is 11.6 Å². The number of aromatic nitrogens is 2. The third-order valence-corrected chi connectivity index (χ3v) is 4.32. The molecule has 1 aromatic heterocycles. The molecule has 5 heteroatoms. The molecule has 0 N–H and O–H groups in total. The van der Waals surface area contributed by atoms with E-state index in [9.17, 15) is 4.79 Å². The monoisotopic (exact) mass is 303 g/mol. The Morgan fingerprint density at radius 2 is 2.14 bits per heavy atom. The first kappa shape index (κ1) is 14.1. The van der Waals surface area contributed by atoms with Crippen LogP contribution in [0.4, 0.5) is 0 Å². The van der Waals surface area contributed by atoms with Crippen LogP contribution in [0.15, 0.2) is 30.5 Å². The van der Waals surface area contributed by atoms with Crippen molar-refractivity contribution in [2.24, 2.45) is 7.05 Å². The fraction of sp³-hybridized carbons (Fsp3) is 0.375. The molecule has 1 aliphatic rings. The second-order valence-electron chi connectivity index (χ2n) is 5.51. The highest BCUT2D eigenvalue weighted by Gasteiger charge is 2.33. The van der Waals surface area contributed by atoms with E-state index >= 15 is 0 Å². The first-order valence-electron chi connectivity index (χ1n) is 7.13. The lowest BCUT2D eigenvalue weighted by atomic mass is 9.99. The molecule has 3 rings (SSSR count). The maximum atomic E-state index is 12.7. The van der Waals surface area contributed by atoms with Gasteiger partial charge >= 0.3 is 0 Å². The maximum absolute atomic E-state index is 12.7. The molecule has 21 heavy (non-hydrogen) atoms. The Labute approximate surface area is 129 Å². The summed E-state index contributed by atoms with van der Waals surface area (Å²) >= 11 is 6.11. The van der Waals surface area contributed by atoms with Crippen molar-refractivity contribution in [1.82, 2.24) is 14.7 Å². The Morgan fingerprint density at radius 1 is 1.38 bits per heavy atom. The van der Waals surface area contributed by atoms with Gasteiger partial charge in [-0.2, -0.15) is 5.10 Å². The van der Waals surface area contributed by atoms with Crippen LogP contribution >= 0.6 is 11.6 Å². The van der Waals surface area contributed by atoms with Crippen LogP contribution in [0.1, 0.15) is 40.5 Å². The lowest BCUT2D eigenvalue weighted by Crippen LogP contribution is -2.31. The van der Waals surface area contributed by atoms with Crippen molar-refractivity contribution in [2.75, 3.05) is 6.54 Å². The van der Waals surface area contributed by atoms with Gasteiger partial charge < -0.3 is 4.90 Å². The average Bonchev–Trinajstić information content (AvgIpc) is 3.05. The van der Waals surface area contributed by atoms with Gasteiger partial charge in [-0.1, -0.05) is 35.9 Å². The minimum atomic E-state index is -0.0775. The molecule has 0 saturated carbocycles. The molecule has 4 nitrogen and oxygen atoms in total. The second kappa shape index (κ2) is 5.53. The Kier molecular flexibility index (Phi) is 3.72. The number of nitrogens with zero attached hydrogens (tertiary/aromatic N) is 3. The minimum Gasteiger partial charge on any atom is -0.330 e. The van der Waals surface area contributed by atoms with Crippen molar-refractivity contribution in [2.45, 2.75) is 25.8 Å². The van der Waals surface area contributed by atoms with Crippen LogP contribution in [0.3, 0.4) is 0 Å². The summed E-state index contributed by atoms with van der Waals surface area (Å²) in [4.78, 5) is 14.6. The highest BCUT2D eigenvalue weighted by Crippen LogP contribution is 2.35. The van der Waals surface area contributed by atoms with Crippen LogP contribution in [0.5, 0.6) is 0 Å². The summed E-state index contributed by atoms with van der Waals surface area (Å²) in [5.41, 5.74) is 2.78. The standard InChI is InChI=1S/C16H18ClN3O/c1-11-6-3-4-7-12(11)14-8-5-9-20(14)16(21)15-13(17)10-19(2)18-15/h3-4,6-7,10,14H,5,8-9H2,1-2H3/t14-/m1/s1. The maximum Gasteiger partial charge on any atom is 0.276 e. The normalized spacial score (nSPS) is 18.2. The molecule has 1 fully saturated rings. The first-order chi connectivity index (χ1) is 10.1. The molecule has 1 aromatic carbocycles. The number of halogens is 1. The van der Waals surface area contributed by atoms with E-state index in [1.165, 1.54) is 11.1 Å². The zero-order valence-corrected chi connectivity index (χ0v) is 13.0. The molecule has 0 radical (unpaired) electrons. The fourth-order valence-electron chi connectivity index (χ4n) is 3.03. The van der Waals surface area contributed by atoms with Crippen molar-refractivity contribution in [3.8, 4) is 0 Å². The number of likely N-dealkylation sites (tertiary alicyclic amines) is 1. The summed E-state index contributed by atoms with van der Waals surface area (Å²) in [5.74, 6) is -0.0775. The number of carbonyl (C=O) groups excluding carboxylic acids is 1. The van der Waals surface area contributed by atoms with Crippen molar-refractivity contribution < 1.29 is 4.79 Å². The smallest absolute Gasteiger partial charge is 0.276 e. The van der Waals surface area contributed by atoms with E-state index in [0.717, 1.165) is 19.4 Å². The van der Waals surface area contributed by atoms with Gasteiger partial charge in [0.05, 0.1) is 11.1 Å². The van der Waals surface area contributed by atoms with Gasteiger partial charge in [0.2, 0.25) is 0 Å². The molecule has 1 atom stereocenters. The zero-order chi connectivity index (χ0) is 15.0. The SMILES string of the molecule is Cc1ccccc1[C@H]1CCCN1C(=O)c1nn(C)cc1Cl. The third-order valence-electron chi connectivity index (χ3n) is 4.05. The van der Waals surface area contributed by atoms with Crippen molar-refractivity contribution in [3.05, 3.63) is 52.3 Å². The number of aryl methyl sites for hydroxylation is 2. The summed E-state index contributed by atoms with van der Waals surface area (Å²) in [5, 5.41) is 4.61. The predicted octanol–water partition coefficient (Wildman–Crippen LogP) is 3.36. The summed E-state index contributed by atoms with van der Waals surface area (Å²) in [6, 6.07) is 8.36. The molecular weight excluding hydrogens is 286 g/mol. The Hall–Kier alpha value is -1.81. The van der Waals surface area contributed by atoms with Crippen LogP contribution in [0, 0.1) is 6.92 Å². The van der Waals surface area contributed by atoms with Gasteiger partial charge in [0.15, 0.2) is 5.69 Å². The van der Waals surface area contributed by atoms with Crippen LogP contribution in [-0.4, -0.2) is 27.1 Å². The van der Waals surface area contributed by atoms with Crippen molar-refractivity contribution >= 4 is 17.5 Å². The van der Waals surface area contributed by atoms with E-state index in [2.05, 4.69) is 24.2 Å². The number of carbonyl (C=O) groups is 1. The van der Waals surface area contributed by atoms with E-state index in [1.54, 1.807) is 17.9 Å². The van der Waals surface area contributed by atoms with Crippen molar-refractivity contribution in [1.29, 1.82) is 0 Å². The average molecular weight is 304 g/mol. The Balaban J connectivity index is 1.93. The summed E-state index contributed by atoms with van der Waals surface area (Å²) in [7, 11) is 1.77.